The van der Waals surface area contributed by atoms with Crippen LogP contribution in [0, 0.1) is 12.3 Å². The van der Waals surface area contributed by atoms with Crippen molar-refractivity contribution < 1.29 is 4.79 Å². The highest BCUT2D eigenvalue weighted by Crippen LogP contribution is 2.41. The first-order valence-corrected chi connectivity index (χ1v) is 9.08. The molecule has 2 saturated heterocycles. The molecule has 0 aliphatic carbocycles. The predicted octanol–water partition coefficient (Wildman–Crippen LogP) is 2.09. The van der Waals surface area contributed by atoms with Gasteiger partial charge < -0.3 is 10.2 Å². The highest BCUT2D eigenvalue weighted by Gasteiger charge is 2.46. The standard InChI is InChI=1S/C17H27N3OS/c1-13-4-9-22-15(13)11-19(2)16(21)14-10-17(12-20(14)3)5-7-18-8-6-17/h4,9,14,18H,5-8,10-12H2,1-3H3/t14-/m1/s1. The van der Waals surface area contributed by atoms with Gasteiger partial charge in [-0.25, -0.2) is 0 Å². The molecule has 0 saturated carbocycles. The van der Waals surface area contributed by atoms with E-state index in [9.17, 15) is 4.79 Å². The minimum Gasteiger partial charge on any atom is -0.339 e. The summed E-state index contributed by atoms with van der Waals surface area (Å²) in [6.07, 6.45) is 3.43. The summed E-state index contributed by atoms with van der Waals surface area (Å²) in [5, 5.41) is 5.55. The molecule has 3 heterocycles. The van der Waals surface area contributed by atoms with Crippen LogP contribution in [-0.2, 0) is 11.3 Å². The van der Waals surface area contributed by atoms with Gasteiger partial charge in [-0.3, -0.25) is 9.69 Å². The third-order valence-electron chi connectivity index (χ3n) is 5.42. The minimum absolute atomic E-state index is 0.0587. The smallest absolute Gasteiger partial charge is 0.240 e. The lowest BCUT2D eigenvalue weighted by molar-refractivity contribution is -0.134. The summed E-state index contributed by atoms with van der Waals surface area (Å²) in [7, 11) is 4.06. The zero-order valence-corrected chi connectivity index (χ0v) is 14.7. The molecule has 1 aromatic rings. The molecule has 0 aromatic carbocycles. The van der Waals surface area contributed by atoms with Crippen LogP contribution in [0.25, 0.3) is 0 Å². The van der Waals surface area contributed by atoms with E-state index < -0.39 is 0 Å². The summed E-state index contributed by atoms with van der Waals surface area (Å²) in [6.45, 7) is 6.12. The zero-order chi connectivity index (χ0) is 15.7. The Morgan fingerprint density at radius 2 is 2.23 bits per heavy atom. The lowest BCUT2D eigenvalue weighted by atomic mass is 9.77. The van der Waals surface area contributed by atoms with E-state index in [0.717, 1.165) is 32.6 Å². The van der Waals surface area contributed by atoms with Crippen LogP contribution in [0.5, 0.6) is 0 Å². The highest BCUT2D eigenvalue weighted by atomic mass is 32.1. The number of hydrogen-bond donors (Lipinski definition) is 1. The second kappa shape index (κ2) is 6.30. The molecule has 22 heavy (non-hydrogen) atoms. The summed E-state index contributed by atoms with van der Waals surface area (Å²) in [5.74, 6) is 0.283. The quantitative estimate of drug-likeness (QED) is 0.926. The Kier molecular flexibility index (Phi) is 4.57. The predicted molar refractivity (Wildman–Crippen MR) is 91.1 cm³/mol. The van der Waals surface area contributed by atoms with Gasteiger partial charge >= 0.3 is 0 Å². The van der Waals surface area contributed by atoms with Gasteiger partial charge in [-0.05, 0) is 68.7 Å². The van der Waals surface area contributed by atoms with Crippen LogP contribution in [0.4, 0.5) is 0 Å². The van der Waals surface area contributed by atoms with Crippen molar-refractivity contribution in [2.75, 3.05) is 33.7 Å². The van der Waals surface area contributed by atoms with Gasteiger partial charge in [0, 0.05) is 18.5 Å². The Balaban J connectivity index is 1.65. The van der Waals surface area contributed by atoms with E-state index in [0.29, 0.717) is 5.41 Å². The van der Waals surface area contributed by atoms with Crippen molar-refractivity contribution in [3.8, 4) is 0 Å². The second-order valence-corrected chi connectivity index (χ2v) is 8.11. The molecule has 2 aliphatic heterocycles. The molecule has 1 amide bonds. The molecule has 3 rings (SSSR count). The molecule has 0 radical (unpaired) electrons. The first-order valence-electron chi connectivity index (χ1n) is 8.20. The number of amides is 1. The molecule has 122 valence electrons. The van der Waals surface area contributed by atoms with Gasteiger partial charge in [-0.2, -0.15) is 0 Å². The van der Waals surface area contributed by atoms with Gasteiger partial charge in [-0.1, -0.05) is 0 Å². The molecule has 0 unspecified atom stereocenters. The molecular weight excluding hydrogens is 294 g/mol. The van der Waals surface area contributed by atoms with Gasteiger partial charge in [0.2, 0.25) is 5.91 Å². The summed E-state index contributed by atoms with van der Waals surface area (Å²) in [6, 6.07) is 2.19. The molecule has 0 bridgehead atoms. The molecule has 4 nitrogen and oxygen atoms in total. The maximum atomic E-state index is 12.9. The number of likely N-dealkylation sites (tertiary alicyclic amines) is 1. The zero-order valence-electron chi connectivity index (χ0n) is 13.9. The van der Waals surface area contributed by atoms with Crippen LogP contribution in [0.1, 0.15) is 29.7 Å². The van der Waals surface area contributed by atoms with Crippen LogP contribution in [0.3, 0.4) is 0 Å². The number of piperidine rings is 1. The fourth-order valence-corrected chi connectivity index (χ4v) is 4.94. The van der Waals surface area contributed by atoms with Crippen molar-refractivity contribution in [1.29, 1.82) is 0 Å². The Hall–Kier alpha value is -0.910. The third kappa shape index (κ3) is 3.07. The van der Waals surface area contributed by atoms with E-state index in [1.54, 1.807) is 11.3 Å². The normalized spacial score (nSPS) is 24.8. The minimum atomic E-state index is 0.0587. The summed E-state index contributed by atoms with van der Waals surface area (Å²) in [5.41, 5.74) is 1.65. The lowest BCUT2D eigenvalue weighted by Gasteiger charge is -2.33. The summed E-state index contributed by atoms with van der Waals surface area (Å²) in [4.78, 5) is 18.4. The number of likely N-dealkylation sites (N-methyl/N-ethyl adjacent to an activating group) is 2. The Morgan fingerprint density at radius 3 is 2.86 bits per heavy atom. The van der Waals surface area contributed by atoms with Gasteiger partial charge in [0.15, 0.2) is 0 Å². The van der Waals surface area contributed by atoms with Gasteiger partial charge in [-0.15, -0.1) is 11.3 Å². The molecular formula is C17H27N3OS. The fourth-order valence-electron chi connectivity index (χ4n) is 3.98. The van der Waals surface area contributed by atoms with Crippen LogP contribution < -0.4 is 5.32 Å². The lowest BCUT2D eigenvalue weighted by Crippen LogP contribution is -2.42. The van der Waals surface area contributed by atoms with E-state index in [1.165, 1.54) is 23.3 Å². The van der Waals surface area contributed by atoms with Crippen molar-refractivity contribution in [3.63, 3.8) is 0 Å². The largest absolute Gasteiger partial charge is 0.339 e. The average molecular weight is 321 g/mol. The molecule has 1 atom stereocenters. The first-order chi connectivity index (χ1) is 10.5. The first kappa shape index (κ1) is 16.0. The van der Waals surface area contributed by atoms with Crippen LogP contribution in [0.15, 0.2) is 11.4 Å². The maximum Gasteiger partial charge on any atom is 0.240 e. The van der Waals surface area contributed by atoms with Crippen molar-refractivity contribution in [1.82, 2.24) is 15.1 Å². The summed E-state index contributed by atoms with van der Waals surface area (Å²) < 4.78 is 0. The number of carbonyl (C=O) groups is 1. The molecule has 2 fully saturated rings. The maximum absolute atomic E-state index is 12.9. The van der Waals surface area contributed by atoms with Crippen LogP contribution in [0.2, 0.25) is 0 Å². The molecule has 1 aromatic heterocycles. The molecule has 1 N–H and O–H groups in total. The van der Waals surface area contributed by atoms with Crippen LogP contribution >= 0.6 is 11.3 Å². The SMILES string of the molecule is Cc1ccsc1CN(C)C(=O)[C@H]1CC2(CCNCC2)CN1C. The fraction of sp³-hybridized carbons (Fsp3) is 0.706. The van der Waals surface area contributed by atoms with Crippen molar-refractivity contribution in [3.05, 3.63) is 21.9 Å². The van der Waals surface area contributed by atoms with Crippen LogP contribution in [-0.4, -0.2) is 55.5 Å². The number of aryl methyl sites for hydroxylation is 1. The number of carbonyl (C=O) groups excluding carboxylic acids is 1. The molecule has 5 heteroatoms. The van der Waals surface area contributed by atoms with Gasteiger partial charge in [0.1, 0.15) is 0 Å². The summed E-state index contributed by atoms with van der Waals surface area (Å²) >= 11 is 1.74. The monoisotopic (exact) mass is 321 g/mol. The number of hydrogen-bond acceptors (Lipinski definition) is 4. The van der Waals surface area contributed by atoms with E-state index in [4.69, 9.17) is 0 Å². The van der Waals surface area contributed by atoms with E-state index in [1.807, 2.05) is 11.9 Å². The van der Waals surface area contributed by atoms with Gasteiger partial charge in [0.25, 0.3) is 0 Å². The third-order valence-corrected chi connectivity index (χ3v) is 6.43. The second-order valence-electron chi connectivity index (χ2n) is 7.11. The molecule has 1 spiro atoms. The van der Waals surface area contributed by atoms with Crippen molar-refractivity contribution in [2.24, 2.45) is 5.41 Å². The Morgan fingerprint density at radius 1 is 1.50 bits per heavy atom. The Labute approximate surface area is 137 Å². The van der Waals surface area contributed by atoms with E-state index in [2.05, 4.69) is 35.6 Å². The average Bonchev–Trinajstić information content (AvgIpc) is 3.03. The topological polar surface area (TPSA) is 35.6 Å². The van der Waals surface area contributed by atoms with E-state index >= 15 is 0 Å². The van der Waals surface area contributed by atoms with E-state index in [-0.39, 0.29) is 11.9 Å². The number of rotatable bonds is 3. The highest BCUT2D eigenvalue weighted by molar-refractivity contribution is 7.10. The van der Waals surface area contributed by atoms with Gasteiger partial charge in [0.05, 0.1) is 12.6 Å². The molecule has 2 aliphatic rings. The number of nitrogens with one attached hydrogen (secondary N) is 1. The number of nitrogens with zero attached hydrogens (tertiary/aromatic N) is 2. The van der Waals surface area contributed by atoms with Crippen molar-refractivity contribution in [2.45, 2.75) is 38.8 Å². The van der Waals surface area contributed by atoms with Crippen molar-refractivity contribution >= 4 is 17.2 Å². The Bertz CT molecular complexity index is 536. The number of thiophene rings is 1.